The predicted octanol–water partition coefficient (Wildman–Crippen LogP) is 5.68. The number of benzene rings is 2. The topological polar surface area (TPSA) is 81.9 Å². The summed E-state index contributed by atoms with van der Waals surface area (Å²) in [7, 11) is 1.57. The van der Waals surface area contributed by atoms with E-state index in [4.69, 9.17) is 13.9 Å². The number of aromatic nitrogens is 1. The molecule has 2 aromatic heterocycles. The molecule has 184 valence electrons. The molecule has 1 amide bonds. The second-order valence-electron chi connectivity index (χ2n) is 9.38. The summed E-state index contributed by atoms with van der Waals surface area (Å²) in [6.45, 7) is 6.76. The maximum Gasteiger partial charge on any atom is 0.296 e. The quantitative estimate of drug-likeness (QED) is 0.336. The van der Waals surface area contributed by atoms with Gasteiger partial charge in [-0.15, -0.1) is 0 Å². The van der Waals surface area contributed by atoms with E-state index in [1.54, 1.807) is 43.6 Å². The number of ether oxygens (including phenoxy) is 2. The number of pyridine rings is 1. The van der Waals surface area contributed by atoms with E-state index in [1.165, 1.54) is 4.90 Å². The van der Waals surface area contributed by atoms with Gasteiger partial charge in [0, 0.05) is 6.20 Å². The Balaban J connectivity index is 1.68. The lowest BCUT2D eigenvalue weighted by molar-refractivity contribution is 0.0970. The molecule has 4 aromatic rings. The number of hydrogen-bond donors (Lipinski definition) is 0. The van der Waals surface area contributed by atoms with Gasteiger partial charge in [0.25, 0.3) is 5.91 Å². The van der Waals surface area contributed by atoms with Crippen LogP contribution in [0.3, 0.4) is 0 Å². The summed E-state index contributed by atoms with van der Waals surface area (Å²) in [5, 5.41) is 0.440. The first-order valence-electron chi connectivity index (χ1n) is 12.0. The van der Waals surface area contributed by atoms with Crippen LogP contribution >= 0.6 is 0 Å². The van der Waals surface area contributed by atoms with Crippen molar-refractivity contribution in [2.45, 2.75) is 33.2 Å². The molecular weight excluding hydrogens is 456 g/mol. The molecular formula is C29H28N2O5. The van der Waals surface area contributed by atoms with Crippen molar-refractivity contribution in [2.75, 3.05) is 18.6 Å². The van der Waals surface area contributed by atoms with Gasteiger partial charge < -0.3 is 13.9 Å². The molecule has 0 saturated heterocycles. The van der Waals surface area contributed by atoms with Crippen LogP contribution in [-0.4, -0.2) is 24.6 Å². The van der Waals surface area contributed by atoms with Gasteiger partial charge in [-0.1, -0.05) is 37.6 Å². The number of hydrogen-bond acceptors (Lipinski definition) is 6. The number of aryl methyl sites for hydroxylation is 1. The van der Waals surface area contributed by atoms with Crippen LogP contribution < -0.4 is 19.8 Å². The highest BCUT2D eigenvalue weighted by Crippen LogP contribution is 2.42. The van der Waals surface area contributed by atoms with E-state index in [2.05, 4.69) is 18.8 Å². The van der Waals surface area contributed by atoms with Crippen molar-refractivity contribution in [3.05, 3.63) is 93.5 Å². The highest BCUT2D eigenvalue weighted by Gasteiger charge is 2.44. The standard InChI is InChI=1S/C29H28N2O5/c1-17(2)12-14-35-22-11-9-19(16-23(22)34-4)26-25-27(32)20-15-18(3)8-10-21(20)36-28(25)29(33)31(26)24-7-5-6-13-30-24/h5-11,13,15-17,26H,12,14H2,1-4H3/t26-/m1/s1. The summed E-state index contributed by atoms with van der Waals surface area (Å²) < 4.78 is 17.6. The van der Waals surface area contributed by atoms with Gasteiger partial charge in [0.15, 0.2) is 16.9 Å². The first-order chi connectivity index (χ1) is 17.4. The number of amides is 1. The van der Waals surface area contributed by atoms with Gasteiger partial charge in [0.2, 0.25) is 5.76 Å². The van der Waals surface area contributed by atoms with Crippen molar-refractivity contribution in [2.24, 2.45) is 5.92 Å². The Morgan fingerprint density at radius 3 is 2.61 bits per heavy atom. The summed E-state index contributed by atoms with van der Waals surface area (Å²) in [5.74, 6) is 1.69. The molecule has 0 saturated carbocycles. The zero-order chi connectivity index (χ0) is 25.4. The molecule has 1 aliphatic rings. The lowest BCUT2D eigenvalue weighted by Crippen LogP contribution is -2.30. The Bertz CT molecular complexity index is 1490. The smallest absolute Gasteiger partial charge is 0.296 e. The van der Waals surface area contributed by atoms with E-state index < -0.39 is 11.9 Å². The van der Waals surface area contributed by atoms with Gasteiger partial charge in [-0.05, 0) is 61.2 Å². The molecule has 5 rings (SSSR count). The third-order valence-electron chi connectivity index (χ3n) is 6.38. The van der Waals surface area contributed by atoms with Crippen LogP contribution in [0, 0.1) is 12.8 Å². The molecule has 0 radical (unpaired) electrons. The molecule has 0 bridgehead atoms. The van der Waals surface area contributed by atoms with Crippen LogP contribution in [0.15, 0.2) is 70.0 Å². The molecule has 0 aliphatic carbocycles. The van der Waals surface area contributed by atoms with Gasteiger partial charge in [0.1, 0.15) is 11.4 Å². The third-order valence-corrected chi connectivity index (χ3v) is 6.38. The number of nitrogens with zero attached hydrogens (tertiary/aromatic N) is 2. The highest BCUT2D eigenvalue weighted by atomic mass is 16.5. The lowest BCUT2D eigenvalue weighted by Gasteiger charge is -2.25. The number of fused-ring (bicyclic) bond motifs is 2. The Kier molecular flexibility index (Phi) is 6.22. The van der Waals surface area contributed by atoms with Crippen molar-refractivity contribution in [3.63, 3.8) is 0 Å². The molecule has 0 fully saturated rings. The van der Waals surface area contributed by atoms with Gasteiger partial charge in [0.05, 0.1) is 30.7 Å². The average molecular weight is 485 g/mol. The SMILES string of the molecule is COc1cc([C@@H]2c3c(oc4ccc(C)cc4c3=O)C(=O)N2c2ccccn2)ccc1OCCC(C)C. The predicted molar refractivity (Wildman–Crippen MR) is 138 cm³/mol. The van der Waals surface area contributed by atoms with E-state index in [1.807, 2.05) is 31.2 Å². The Hall–Kier alpha value is -4.13. The van der Waals surface area contributed by atoms with Crippen LogP contribution in [0.4, 0.5) is 5.82 Å². The van der Waals surface area contributed by atoms with Gasteiger partial charge in [-0.2, -0.15) is 0 Å². The molecule has 1 aliphatic heterocycles. The van der Waals surface area contributed by atoms with E-state index in [0.29, 0.717) is 51.9 Å². The fraction of sp³-hybridized carbons (Fsp3) is 0.276. The first kappa shape index (κ1) is 23.6. The van der Waals surface area contributed by atoms with Crippen molar-refractivity contribution in [1.82, 2.24) is 4.98 Å². The van der Waals surface area contributed by atoms with Crippen LogP contribution in [0.5, 0.6) is 11.5 Å². The maximum atomic E-state index is 13.8. The Morgan fingerprint density at radius 1 is 1.06 bits per heavy atom. The summed E-state index contributed by atoms with van der Waals surface area (Å²) in [6.07, 6.45) is 2.53. The number of carbonyl (C=O) groups is 1. The van der Waals surface area contributed by atoms with Crippen molar-refractivity contribution in [1.29, 1.82) is 0 Å². The zero-order valence-electron chi connectivity index (χ0n) is 20.8. The second kappa shape index (κ2) is 9.49. The minimum absolute atomic E-state index is 0.0308. The van der Waals surface area contributed by atoms with Crippen LogP contribution in [0.1, 0.15) is 53.6 Å². The number of anilines is 1. The van der Waals surface area contributed by atoms with E-state index >= 15 is 0 Å². The highest BCUT2D eigenvalue weighted by molar-refractivity contribution is 6.10. The molecule has 2 aromatic carbocycles. The lowest BCUT2D eigenvalue weighted by atomic mass is 9.97. The van der Waals surface area contributed by atoms with Crippen LogP contribution in [-0.2, 0) is 0 Å². The molecule has 3 heterocycles. The number of rotatable bonds is 7. The monoisotopic (exact) mass is 484 g/mol. The average Bonchev–Trinajstić information content (AvgIpc) is 3.17. The van der Waals surface area contributed by atoms with Gasteiger partial charge >= 0.3 is 0 Å². The minimum atomic E-state index is -0.734. The summed E-state index contributed by atoms with van der Waals surface area (Å²) in [5.41, 5.74) is 2.06. The minimum Gasteiger partial charge on any atom is -0.493 e. The first-order valence-corrected chi connectivity index (χ1v) is 12.0. The molecule has 7 heteroatoms. The summed E-state index contributed by atoms with van der Waals surface area (Å²) >= 11 is 0. The normalized spacial score (nSPS) is 15.0. The maximum absolute atomic E-state index is 13.8. The van der Waals surface area contributed by atoms with Crippen molar-refractivity contribution >= 4 is 22.7 Å². The third kappa shape index (κ3) is 4.11. The zero-order valence-corrected chi connectivity index (χ0v) is 20.8. The van der Waals surface area contributed by atoms with Crippen molar-refractivity contribution < 1.29 is 18.7 Å². The number of methoxy groups -OCH3 is 1. The van der Waals surface area contributed by atoms with E-state index in [9.17, 15) is 9.59 Å². The summed E-state index contributed by atoms with van der Waals surface area (Å²) in [4.78, 5) is 33.4. The Morgan fingerprint density at radius 2 is 1.89 bits per heavy atom. The van der Waals surface area contributed by atoms with E-state index in [0.717, 1.165) is 12.0 Å². The molecule has 36 heavy (non-hydrogen) atoms. The fourth-order valence-electron chi connectivity index (χ4n) is 4.51. The van der Waals surface area contributed by atoms with Gasteiger partial charge in [-0.25, -0.2) is 4.98 Å². The van der Waals surface area contributed by atoms with Crippen LogP contribution in [0.2, 0.25) is 0 Å². The molecule has 0 spiro atoms. The fourth-order valence-corrected chi connectivity index (χ4v) is 4.51. The van der Waals surface area contributed by atoms with Crippen molar-refractivity contribution in [3.8, 4) is 11.5 Å². The molecule has 1 atom stereocenters. The van der Waals surface area contributed by atoms with Gasteiger partial charge in [-0.3, -0.25) is 14.5 Å². The second-order valence-corrected chi connectivity index (χ2v) is 9.38. The molecule has 0 unspecified atom stereocenters. The summed E-state index contributed by atoms with van der Waals surface area (Å²) in [6, 6.07) is 15.4. The van der Waals surface area contributed by atoms with E-state index in [-0.39, 0.29) is 11.2 Å². The Labute approximate surface area is 209 Å². The molecule has 0 N–H and O–H groups in total. The number of carbonyl (C=O) groups excluding carboxylic acids is 1. The largest absolute Gasteiger partial charge is 0.493 e. The van der Waals surface area contributed by atoms with Crippen LogP contribution in [0.25, 0.3) is 11.0 Å². The molecule has 7 nitrogen and oxygen atoms in total.